The molecular weight excluding hydrogens is 304 g/mol. The molecule has 0 radical (unpaired) electrons. The number of fused-ring (bicyclic) bond motifs is 2. The van der Waals surface area contributed by atoms with E-state index >= 15 is 0 Å². The monoisotopic (exact) mass is 326 g/mol. The summed E-state index contributed by atoms with van der Waals surface area (Å²) in [6.07, 6.45) is 9.52. The fourth-order valence-corrected chi connectivity index (χ4v) is 4.66. The van der Waals surface area contributed by atoms with Crippen molar-refractivity contribution in [3.05, 3.63) is 24.2 Å². The van der Waals surface area contributed by atoms with Crippen molar-refractivity contribution in [1.82, 2.24) is 19.4 Å². The van der Waals surface area contributed by atoms with Crippen LogP contribution in [0.15, 0.2) is 18.6 Å². The lowest BCUT2D eigenvalue weighted by Gasteiger charge is -2.20. The fraction of sp³-hybridized carbons (Fsp3) is 0.611. The molecule has 0 bridgehead atoms. The van der Waals surface area contributed by atoms with E-state index in [0.717, 1.165) is 24.1 Å². The minimum Gasteiger partial charge on any atom is -0.396 e. The lowest BCUT2D eigenvalue weighted by Crippen LogP contribution is -2.32. The molecule has 0 spiro atoms. The predicted octanol–water partition coefficient (Wildman–Crippen LogP) is 2.00. The molecule has 2 atom stereocenters. The topological polar surface area (TPSA) is 71.2 Å². The molecule has 1 aliphatic heterocycles. The van der Waals surface area contributed by atoms with Gasteiger partial charge in [-0.3, -0.25) is 4.79 Å². The van der Waals surface area contributed by atoms with Crippen LogP contribution in [-0.2, 0) is 0 Å². The number of carbonyl (C=O) groups excluding carboxylic acids is 1. The zero-order chi connectivity index (χ0) is 16.3. The van der Waals surface area contributed by atoms with Crippen LogP contribution in [0.4, 0.5) is 0 Å². The van der Waals surface area contributed by atoms with Crippen molar-refractivity contribution in [3.63, 3.8) is 0 Å². The molecule has 24 heavy (non-hydrogen) atoms. The number of piperidine rings is 1. The lowest BCUT2D eigenvalue weighted by atomic mass is 10.1. The minimum atomic E-state index is -0.0166. The number of hydrogen-bond acceptors (Lipinski definition) is 4. The molecule has 2 aromatic rings. The number of aliphatic hydroxyl groups is 1. The number of imidazole rings is 1. The molecule has 6 nitrogen and oxygen atoms in total. The molecule has 3 fully saturated rings. The van der Waals surface area contributed by atoms with E-state index in [2.05, 4.69) is 14.5 Å². The molecule has 6 heteroatoms. The van der Waals surface area contributed by atoms with Crippen LogP contribution < -0.4 is 0 Å². The van der Waals surface area contributed by atoms with E-state index < -0.39 is 0 Å². The minimum absolute atomic E-state index is 0.0137. The third-order valence-electron chi connectivity index (χ3n) is 6.29. The maximum Gasteiger partial charge on any atom is 0.255 e. The highest BCUT2D eigenvalue weighted by atomic mass is 16.3. The molecular formula is C18H22N4O2. The molecule has 2 saturated carbocycles. The van der Waals surface area contributed by atoms with E-state index in [4.69, 9.17) is 0 Å². The van der Waals surface area contributed by atoms with Gasteiger partial charge in [-0.1, -0.05) is 12.8 Å². The van der Waals surface area contributed by atoms with Crippen molar-refractivity contribution in [2.75, 3.05) is 19.7 Å². The molecule has 0 aromatic carbocycles. The summed E-state index contributed by atoms with van der Waals surface area (Å²) in [7, 11) is 0. The maximum absolute atomic E-state index is 12.7. The van der Waals surface area contributed by atoms with Gasteiger partial charge in [-0.05, 0) is 31.2 Å². The Morgan fingerprint density at radius 1 is 1.33 bits per heavy atom. The Morgan fingerprint density at radius 2 is 2.17 bits per heavy atom. The Hall–Kier alpha value is -1.95. The van der Waals surface area contributed by atoms with Crippen molar-refractivity contribution in [2.45, 2.75) is 38.1 Å². The number of pyridine rings is 1. The third kappa shape index (κ3) is 2.02. The highest BCUT2D eigenvalue weighted by molar-refractivity contribution is 5.96. The SMILES string of the molecule is O=C(c1cnc2c(c1)ncn2C1CCCC1)N1C[C@H]2C[C@@]2(CO)C1. The molecule has 1 amide bonds. The summed E-state index contributed by atoms with van der Waals surface area (Å²) in [5.41, 5.74) is 2.27. The number of aliphatic hydroxyl groups excluding tert-OH is 1. The van der Waals surface area contributed by atoms with Gasteiger partial charge in [0.15, 0.2) is 5.65 Å². The average Bonchev–Trinajstić information content (AvgIpc) is 3.08. The molecule has 5 rings (SSSR count). The quantitative estimate of drug-likeness (QED) is 0.936. The summed E-state index contributed by atoms with van der Waals surface area (Å²) in [6, 6.07) is 2.37. The standard InChI is InChI=1S/C18H22N4O2/c23-10-18-6-13(18)8-21(9-18)17(24)12-5-15-16(19-7-12)22(11-20-15)14-3-1-2-4-14/h5,7,11,13-14,23H,1-4,6,8-10H2/t13-,18+/m1/s1. The van der Waals surface area contributed by atoms with E-state index in [9.17, 15) is 9.90 Å². The van der Waals surface area contributed by atoms with Crippen molar-refractivity contribution in [2.24, 2.45) is 11.3 Å². The number of nitrogens with zero attached hydrogens (tertiary/aromatic N) is 4. The Labute approximate surface area is 140 Å². The van der Waals surface area contributed by atoms with Gasteiger partial charge < -0.3 is 14.6 Å². The first-order chi connectivity index (χ1) is 11.7. The number of hydrogen-bond donors (Lipinski definition) is 1. The molecule has 1 saturated heterocycles. The van der Waals surface area contributed by atoms with Gasteiger partial charge in [0.1, 0.15) is 5.52 Å². The summed E-state index contributed by atoms with van der Waals surface area (Å²) in [5.74, 6) is 0.490. The lowest BCUT2D eigenvalue weighted by molar-refractivity contribution is 0.0751. The molecule has 3 heterocycles. The molecule has 126 valence electrons. The molecule has 2 aliphatic carbocycles. The van der Waals surface area contributed by atoms with Crippen LogP contribution in [0.1, 0.15) is 48.5 Å². The van der Waals surface area contributed by atoms with Crippen LogP contribution >= 0.6 is 0 Å². The average molecular weight is 326 g/mol. The van der Waals surface area contributed by atoms with E-state index in [-0.39, 0.29) is 17.9 Å². The van der Waals surface area contributed by atoms with Gasteiger partial charge in [-0.15, -0.1) is 0 Å². The van der Waals surface area contributed by atoms with Crippen molar-refractivity contribution in [1.29, 1.82) is 0 Å². The number of amides is 1. The van der Waals surface area contributed by atoms with Gasteiger partial charge in [0, 0.05) is 30.7 Å². The second-order valence-corrected chi connectivity index (χ2v) is 7.76. The van der Waals surface area contributed by atoms with Crippen molar-refractivity contribution < 1.29 is 9.90 Å². The van der Waals surface area contributed by atoms with Crippen molar-refractivity contribution >= 4 is 17.1 Å². The van der Waals surface area contributed by atoms with Crippen LogP contribution in [0.25, 0.3) is 11.2 Å². The first-order valence-corrected chi connectivity index (χ1v) is 8.93. The van der Waals surface area contributed by atoms with Gasteiger partial charge in [0.2, 0.25) is 0 Å². The summed E-state index contributed by atoms with van der Waals surface area (Å²) in [5, 5.41) is 9.52. The second-order valence-electron chi connectivity index (χ2n) is 7.76. The summed E-state index contributed by atoms with van der Waals surface area (Å²) >= 11 is 0. The Balaban J connectivity index is 1.41. The first-order valence-electron chi connectivity index (χ1n) is 8.93. The first kappa shape index (κ1) is 14.4. The van der Waals surface area contributed by atoms with E-state index in [1.165, 1.54) is 25.7 Å². The van der Waals surface area contributed by atoms with Crippen LogP contribution in [0.5, 0.6) is 0 Å². The molecule has 2 aromatic heterocycles. The Kier molecular flexibility index (Phi) is 3.01. The zero-order valence-corrected chi connectivity index (χ0v) is 13.7. The summed E-state index contributed by atoms with van der Waals surface area (Å²) in [4.78, 5) is 23.6. The number of rotatable bonds is 3. The van der Waals surface area contributed by atoms with Crippen LogP contribution in [0.2, 0.25) is 0 Å². The van der Waals surface area contributed by atoms with Gasteiger partial charge in [-0.2, -0.15) is 0 Å². The molecule has 0 unspecified atom stereocenters. The Morgan fingerprint density at radius 3 is 2.92 bits per heavy atom. The number of carbonyl (C=O) groups is 1. The maximum atomic E-state index is 12.7. The van der Waals surface area contributed by atoms with Crippen LogP contribution in [-0.4, -0.2) is 50.1 Å². The van der Waals surface area contributed by atoms with Crippen LogP contribution in [0, 0.1) is 11.3 Å². The Bertz CT molecular complexity index is 806. The number of likely N-dealkylation sites (tertiary alicyclic amines) is 1. The van der Waals surface area contributed by atoms with E-state index in [0.29, 0.717) is 24.1 Å². The fourth-order valence-electron chi connectivity index (χ4n) is 4.66. The summed E-state index contributed by atoms with van der Waals surface area (Å²) in [6.45, 7) is 1.61. The third-order valence-corrected chi connectivity index (χ3v) is 6.29. The van der Waals surface area contributed by atoms with Gasteiger partial charge >= 0.3 is 0 Å². The van der Waals surface area contributed by atoms with Gasteiger partial charge in [-0.25, -0.2) is 9.97 Å². The normalized spacial score (nSPS) is 29.4. The number of aromatic nitrogens is 3. The van der Waals surface area contributed by atoms with Gasteiger partial charge in [0.05, 0.1) is 18.5 Å². The van der Waals surface area contributed by atoms with Crippen molar-refractivity contribution in [3.8, 4) is 0 Å². The molecule has 3 aliphatic rings. The predicted molar refractivity (Wildman–Crippen MR) is 88.6 cm³/mol. The highest BCUT2D eigenvalue weighted by Crippen LogP contribution is 2.57. The van der Waals surface area contributed by atoms with Gasteiger partial charge in [0.25, 0.3) is 5.91 Å². The van der Waals surface area contributed by atoms with E-state index in [1.54, 1.807) is 6.20 Å². The second kappa shape index (κ2) is 5.02. The van der Waals surface area contributed by atoms with Crippen LogP contribution in [0.3, 0.4) is 0 Å². The highest BCUT2D eigenvalue weighted by Gasteiger charge is 2.60. The smallest absolute Gasteiger partial charge is 0.255 e. The zero-order valence-electron chi connectivity index (χ0n) is 13.7. The molecule has 1 N–H and O–H groups in total. The van der Waals surface area contributed by atoms with E-state index in [1.807, 2.05) is 17.3 Å². The summed E-state index contributed by atoms with van der Waals surface area (Å²) < 4.78 is 2.17. The largest absolute Gasteiger partial charge is 0.396 e.